The van der Waals surface area contributed by atoms with Gasteiger partial charge in [0.2, 0.25) is 0 Å². The number of hydrogen-bond donors (Lipinski definition) is 2. The average Bonchev–Trinajstić information content (AvgIpc) is 1.62. The van der Waals surface area contributed by atoms with E-state index in [0.29, 0.717) is 5.70 Å². The van der Waals surface area contributed by atoms with E-state index >= 15 is 0 Å². The van der Waals surface area contributed by atoms with Gasteiger partial charge >= 0.3 is 0 Å². The zero-order chi connectivity index (χ0) is 6.78. The molecule has 0 aromatic heterocycles. The minimum absolute atomic E-state index is 0.512. The van der Waals surface area contributed by atoms with E-state index in [1.165, 1.54) is 0 Å². The molecule has 0 aliphatic heterocycles. The van der Waals surface area contributed by atoms with Crippen molar-refractivity contribution >= 4 is 0 Å². The topological polar surface area (TPSA) is 46.2 Å². The predicted molar refractivity (Wildman–Crippen MR) is 34.2 cm³/mol. The molecule has 0 bridgehead atoms. The standard InChI is InChI=1S/C6H13NO/c1-4-5(7)6(2,3)8/h4,8H,7H2,1-3H3/b5-4-. The van der Waals surface area contributed by atoms with Gasteiger partial charge in [-0.15, -0.1) is 0 Å². The van der Waals surface area contributed by atoms with Crippen LogP contribution in [0.1, 0.15) is 20.8 Å². The molecule has 3 N–H and O–H groups in total. The largest absolute Gasteiger partial charge is 0.400 e. The predicted octanol–water partition coefficient (Wildman–Crippen LogP) is 0.620. The molecule has 0 aliphatic rings. The minimum atomic E-state index is -0.852. The van der Waals surface area contributed by atoms with Gasteiger partial charge in [-0.2, -0.15) is 0 Å². The monoisotopic (exact) mass is 115 g/mol. The Bertz CT molecular complexity index is 99.6. The molecule has 0 amide bonds. The molecule has 0 aliphatic carbocycles. The van der Waals surface area contributed by atoms with Crippen LogP contribution in [0, 0.1) is 0 Å². The molecule has 2 heteroatoms. The van der Waals surface area contributed by atoms with Crippen LogP contribution in [0.4, 0.5) is 0 Å². The van der Waals surface area contributed by atoms with Crippen LogP contribution in [0.3, 0.4) is 0 Å². The SMILES string of the molecule is C/C=C(\N)C(C)(C)O. The van der Waals surface area contributed by atoms with E-state index < -0.39 is 5.60 Å². The molecule has 48 valence electrons. The highest BCUT2D eigenvalue weighted by Crippen LogP contribution is 2.07. The lowest BCUT2D eigenvalue weighted by atomic mass is 10.1. The Morgan fingerprint density at radius 3 is 2.00 bits per heavy atom. The Hall–Kier alpha value is -0.500. The molecule has 0 saturated carbocycles. The molecule has 0 radical (unpaired) electrons. The number of hydrogen-bond acceptors (Lipinski definition) is 2. The lowest BCUT2D eigenvalue weighted by Gasteiger charge is -2.16. The van der Waals surface area contributed by atoms with Gasteiger partial charge in [-0.1, -0.05) is 6.08 Å². The van der Waals surface area contributed by atoms with Crippen LogP contribution in [-0.4, -0.2) is 10.7 Å². The van der Waals surface area contributed by atoms with Crippen LogP contribution in [-0.2, 0) is 0 Å². The van der Waals surface area contributed by atoms with Crippen molar-refractivity contribution in [2.45, 2.75) is 26.4 Å². The van der Waals surface area contributed by atoms with Gasteiger partial charge in [-0.05, 0) is 20.8 Å². The van der Waals surface area contributed by atoms with Crippen LogP contribution in [0.5, 0.6) is 0 Å². The van der Waals surface area contributed by atoms with Crippen LogP contribution >= 0.6 is 0 Å². The molecule has 0 aromatic rings. The van der Waals surface area contributed by atoms with Crippen LogP contribution in [0.2, 0.25) is 0 Å². The highest BCUT2D eigenvalue weighted by molar-refractivity contribution is 5.07. The minimum Gasteiger partial charge on any atom is -0.400 e. The molecule has 0 fully saturated rings. The Morgan fingerprint density at radius 1 is 1.62 bits per heavy atom. The summed E-state index contributed by atoms with van der Waals surface area (Å²) in [4.78, 5) is 0. The van der Waals surface area contributed by atoms with Gasteiger partial charge < -0.3 is 10.8 Å². The van der Waals surface area contributed by atoms with Crippen molar-refractivity contribution < 1.29 is 5.11 Å². The number of aliphatic hydroxyl groups is 1. The van der Waals surface area contributed by atoms with Gasteiger partial charge in [-0.25, -0.2) is 0 Å². The third kappa shape index (κ3) is 1.98. The van der Waals surface area contributed by atoms with E-state index in [1.807, 2.05) is 0 Å². The molecule has 0 unspecified atom stereocenters. The Labute approximate surface area is 50.0 Å². The first kappa shape index (κ1) is 7.50. The highest BCUT2D eigenvalue weighted by Gasteiger charge is 2.13. The highest BCUT2D eigenvalue weighted by atomic mass is 16.3. The van der Waals surface area contributed by atoms with E-state index in [9.17, 15) is 0 Å². The number of allylic oxidation sites excluding steroid dienone is 1. The molecule has 0 heterocycles. The summed E-state index contributed by atoms with van der Waals surface area (Å²) in [5, 5.41) is 9.09. The fourth-order valence-electron chi connectivity index (χ4n) is 0.353. The van der Waals surface area contributed by atoms with E-state index in [1.54, 1.807) is 26.8 Å². The van der Waals surface area contributed by atoms with Crippen molar-refractivity contribution in [2.24, 2.45) is 5.73 Å². The summed E-state index contributed by atoms with van der Waals surface area (Å²) >= 11 is 0. The lowest BCUT2D eigenvalue weighted by Crippen LogP contribution is -2.27. The third-order valence-electron chi connectivity index (χ3n) is 1.02. The second-order valence-electron chi connectivity index (χ2n) is 2.30. The van der Waals surface area contributed by atoms with Gasteiger partial charge in [0.05, 0.1) is 5.60 Å². The molecular formula is C6H13NO. The summed E-state index contributed by atoms with van der Waals surface area (Å²) in [5.41, 5.74) is 5.02. The second kappa shape index (κ2) is 2.18. The summed E-state index contributed by atoms with van der Waals surface area (Å²) in [6.07, 6.45) is 1.69. The zero-order valence-corrected chi connectivity index (χ0v) is 5.60. The first-order valence-electron chi connectivity index (χ1n) is 2.63. The van der Waals surface area contributed by atoms with Crippen molar-refractivity contribution in [1.82, 2.24) is 0 Å². The molecule has 0 saturated heterocycles. The normalized spacial score (nSPS) is 14.2. The number of nitrogens with two attached hydrogens (primary N) is 1. The molecule has 0 atom stereocenters. The maximum Gasteiger partial charge on any atom is 0.0978 e. The molecule has 2 nitrogen and oxygen atoms in total. The van der Waals surface area contributed by atoms with E-state index in [0.717, 1.165) is 0 Å². The molecule has 0 rings (SSSR count). The van der Waals surface area contributed by atoms with Crippen molar-refractivity contribution in [1.29, 1.82) is 0 Å². The zero-order valence-electron chi connectivity index (χ0n) is 5.60. The van der Waals surface area contributed by atoms with Gasteiger partial charge in [0.15, 0.2) is 0 Å². The summed E-state index contributed by atoms with van der Waals surface area (Å²) < 4.78 is 0. The smallest absolute Gasteiger partial charge is 0.0978 e. The summed E-state index contributed by atoms with van der Waals surface area (Å²) in [7, 11) is 0. The Morgan fingerprint density at radius 2 is 2.00 bits per heavy atom. The molecule has 0 aromatic carbocycles. The Kier molecular flexibility index (Phi) is 2.04. The van der Waals surface area contributed by atoms with Crippen LogP contribution < -0.4 is 5.73 Å². The summed E-state index contributed by atoms with van der Waals surface area (Å²) in [6.45, 7) is 5.11. The number of rotatable bonds is 1. The average molecular weight is 115 g/mol. The molecule has 0 spiro atoms. The maximum atomic E-state index is 9.09. The van der Waals surface area contributed by atoms with E-state index in [-0.39, 0.29) is 0 Å². The summed E-state index contributed by atoms with van der Waals surface area (Å²) in [6, 6.07) is 0. The summed E-state index contributed by atoms with van der Waals surface area (Å²) in [5.74, 6) is 0. The van der Waals surface area contributed by atoms with Gasteiger partial charge in [-0.3, -0.25) is 0 Å². The van der Waals surface area contributed by atoms with E-state index in [4.69, 9.17) is 10.8 Å². The van der Waals surface area contributed by atoms with Crippen molar-refractivity contribution in [3.05, 3.63) is 11.8 Å². The quantitative estimate of drug-likeness (QED) is 0.526. The van der Waals surface area contributed by atoms with Crippen molar-refractivity contribution in [3.63, 3.8) is 0 Å². The van der Waals surface area contributed by atoms with Gasteiger partial charge in [0.1, 0.15) is 0 Å². The first-order chi connectivity index (χ1) is 3.48. The first-order valence-corrected chi connectivity index (χ1v) is 2.63. The fourth-order valence-corrected chi connectivity index (χ4v) is 0.353. The molecule has 8 heavy (non-hydrogen) atoms. The van der Waals surface area contributed by atoms with E-state index in [2.05, 4.69) is 0 Å². The fraction of sp³-hybridized carbons (Fsp3) is 0.667. The van der Waals surface area contributed by atoms with Crippen LogP contribution in [0.25, 0.3) is 0 Å². The van der Waals surface area contributed by atoms with Gasteiger partial charge in [0, 0.05) is 5.70 Å². The van der Waals surface area contributed by atoms with Crippen molar-refractivity contribution in [3.8, 4) is 0 Å². The maximum absolute atomic E-state index is 9.09. The van der Waals surface area contributed by atoms with Crippen molar-refractivity contribution in [2.75, 3.05) is 0 Å². The Balaban J connectivity index is 4.03. The van der Waals surface area contributed by atoms with Gasteiger partial charge in [0.25, 0.3) is 0 Å². The lowest BCUT2D eigenvalue weighted by molar-refractivity contribution is 0.118. The second-order valence-corrected chi connectivity index (χ2v) is 2.30. The third-order valence-corrected chi connectivity index (χ3v) is 1.02. The van der Waals surface area contributed by atoms with Crippen LogP contribution in [0.15, 0.2) is 11.8 Å². The molecular weight excluding hydrogens is 102 g/mol.